The summed E-state index contributed by atoms with van der Waals surface area (Å²) < 4.78 is 4.86. The van der Waals surface area contributed by atoms with Crippen molar-refractivity contribution in [1.29, 1.82) is 0 Å². The Hall–Kier alpha value is -0.830. The lowest BCUT2D eigenvalue weighted by Crippen LogP contribution is -2.30. The van der Waals surface area contributed by atoms with Gasteiger partial charge in [-0.2, -0.15) is 0 Å². The lowest BCUT2D eigenvalue weighted by atomic mass is 9.84. The maximum atomic E-state index is 4.86. The molecule has 1 saturated heterocycles. The molecule has 1 atom stereocenters. The second-order valence-corrected chi connectivity index (χ2v) is 3.80. The fourth-order valence-electron chi connectivity index (χ4n) is 2.04. The highest BCUT2D eigenvalue weighted by Gasteiger charge is 2.22. The molecule has 72 valence electrons. The van der Waals surface area contributed by atoms with Crippen LogP contribution in [0.4, 0.5) is 0 Å². The maximum absolute atomic E-state index is 4.86. The number of rotatable bonds is 2. The van der Waals surface area contributed by atoms with Gasteiger partial charge in [-0.25, -0.2) is 0 Å². The van der Waals surface area contributed by atoms with Crippen molar-refractivity contribution in [1.82, 2.24) is 10.5 Å². The van der Waals surface area contributed by atoms with Crippen LogP contribution >= 0.6 is 0 Å². The molecule has 0 amide bonds. The molecule has 13 heavy (non-hydrogen) atoms. The molecule has 2 rings (SSSR count). The molecule has 3 heteroatoms. The monoisotopic (exact) mass is 180 g/mol. The van der Waals surface area contributed by atoms with Crippen LogP contribution in [0.1, 0.15) is 31.4 Å². The molecule has 1 aliphatic rings. The summed E-state index contributed by atoms with van der Waals surface area (Å²) >= 11 is 0. The lowest BCUT2D eigenvalue weighted by Gasteiger charge is -2.26. The Morgan fingerprint density at radius 3 is 2.92 bits per heavy atom. The Morgan fingerprint density at radius 1 is 1.54 bits per heavy atom. The molecule has 1 aromatic heterocycles. The Morgan fingerprint density at radius 2 is 2.31 bits per heavy atom. The molecule has 0 bridgehead atoms. The van der Waals surface area contributed by atoms with Crippen LogP contribution in [0.3, 0.4) is 0 Å². The first-order valence-electron chi connectivity index (χ1n) is 4.99. The standard InChI is InChI=1S/C10H16N2O/c1-8(10-4-7-13-12-10)9-2-5-11-6-3-9/h4,7-9,11H,2-3,5-6H2,1H3. The summed E-state index contributed by atoms with van der Waals surface area (Å²) in [6.07, 6.45) is 4.18. The molecular weight excluding hydrogens is 164 g/mol. The quantitative estimate of drug-likeness (QED) is 0.753. The molecular formula is C10H16N2O. The van der Waals surface area contributed by atoms with E-state index in [-0.39, 0.29) is 0 Å². The molecule has 2 heterocycles. The maximum Gasteiger partial charge on any atom is 0.124 e. The van der Waals surface area contributed by atoms with Gasteiger partial charge < -0.3 is 9.84 Å². The highest BCUT2D eigenvalue weighted by Crippen LogP contribution is 2.29. The number of nitrogens with zero attached hydrogens (tertiary/aromatic N) is 1. The van der Waals surface area contributed by atoms with Gasteiger partial charge in [0.05, 0.1) is 5.69 Å². The SMILES string of the molecule is CC(c1ccon1)C1CCNCC1. The van der Waals surface area contributed by atoms with Crippen molar-refractivity contribution in [3.05, 3.63) is 18.0 Å². The van der Waals surface area contributed by atoms with E-state index in [9.17, 15) is 0 Å². The van der Waals surface area contributed by atoms with E-state index in [2.05, 4.69) is 17.4 Å². The Bertz CT molecular complexity index is 239. The van der Waals surface area contributed by atoms with E-state index in [4.69, 9.17) is 4.52 Å². The van der Waals surface area contributed by atoms with Gasteiger partial charge in [-0.3, -0.25) is 0 Å². The van der Waals surface area contributed by atoms with Crippen molar-refractivity contribution >= 4 is 0 Å². The van der Waals surface area contributed by atoms with Crippen molar-refractivity contribution in [3.63, 3.8) is 0 Å². The van der Waals surface area contributed by atoms with Gasteiger partial charge in [0, 0.05) is 12.0 Å². The Labute approximate surface area is 78.5 Å². The van der Waals surface area contributed by atoms with Gasteiger partial charge in [-0.05, 0) is 31.8 Å². The summed E-state index contributed by atoms with van der Waals surface area (Å²) in [6.45, 7) is 4.54. The molecule has 0 saturated carbocycles. The second kappa shape index (κ2) is 3.92. The molecule has 0 aromatic carbocycles. The highest BCUT2D eigenvalue weighted by atomic mass is 16.5. The van der Waals surface area contributed by atoms with E-state index in [1.807, 2.05) is 6.07 Å². The van der Waals surface area contributed by atoms with Gasteiger partial charge in [0.25, 0.3) is 0 Å². The minimum atomic E-state index is 0.542. The van der Waals surface area contributed by atoms with Gasteiger partial charge in [-0.15, -0.1) is 0 Å². The molecule has 3 nitrogen and oxygen atoms in total. The number of piperidine rings is 1. The molecule has 1 fully saturated rings. The Balaban J connectivity index is 1.99. The number of aromatic nitrogens is 1. The van der Waals surface area contributed by atoms with Crippen LogP contribution in [0, 0.1) is 5.92 Å². The highest BCUT2D eigenvalue weighted by molar-refractivity contribution is 5.04. The van der Waals surface area contributed by atoms with Crippen molar-refractivity contribution < 1.29 is 4.52 Å². The first-order chi connectivity index (χ1) is 6.38. The van der Waals surface area contributed by atoms with Gasteiger partial charge >= 0.3 is 0 Å². The average molecular weight is 180 g/mol. The predicted octanol–water partition coefficient (Wildman–Crippen LogP) is 1.78. The van der Waals surface area contributed by atoms with E-state index in [0.29, 0.717) is 5.92 Å². The summed E-state index contributed by atoms with van der Waals surface area (Å²) in [5.74, 6) is 1.31. The van der Waals surface area contributed by atoms with Crippen molar-refractivity contribution in [2.75, 3.05) is 13.1 Å². The van der Waals surface area contributed by atoms with Crippen molar-refractivity contribution in [2.45, 2.75) is 25.7 Å². The van der Waals surface area contributed by atoms with Crippen LogP contribution in [-0.2, 0) is 0 Å². The van der Waals surface area contributed by atoms with Crippen LogP contribution < -0.4 is 5.32 Å². The first-order valence-corrected chi connectivity index (χ1v) is 4.99. The number of nitrogens with one attached hydrogen (secondary N) is 1. The van der Waals surface area contributed by atoms with E-state index in [1.165, 1.54) is 12.8 Å². The molecule has 0 spiro atoms. The number of hydrogen-bond donors (Lipinski definition) is 1. The zero-order valence-electron chi connectivity index (χ0n) is 7.99. The lowest BCUT2D eigenvalue weighted by molar-refractivity contribution is 0.315. The molecule has 1 N–H and O–H groups in total. The molecule has 0 radical (unpaired) electrons. The zero-order chi connectivity index (χ0) is 9.10. The summed E-state index contributed by atoms with van der Waals surface area (Å²) in [6, 6.07) is 1.98. The molecule has 0 aliphatic carbocycles. The van der Waals surface area contributed by atoms with Crippen molar-refractivity contribution in [3.8, 4) is 0 Å². The summed E-state index contributed by atoms with van der Waals surface area (Å²) in [5, 5.41) is 7.37. The van der Waals surface area contributed by atoms with Gasteiger partial charge in [-0.1, -0.05) is 12.1 Å². The van der Waals surface area contributed by atoms with Crippen LogP contribution in [0.15, 0.2) is 16.9 Å². The molecule has 1 aromatic rings. The van der Waals surface area contributed by atoms with E-state index in [1.54, 1.807) is 6.26 Å². The van der Waals surface area contributed by atoms with Crippen LogP contribution in [0.5, 0.6) is 0 Å². The molecule has 1 unspecified atom stereocenters. The van der Waals surface area contributed by atoms with E-state index >= 15 is 0 Å². The van der Waals surface area contributed by atoms with Crippen molar-refractivity contribution in [2.24, 2.45) is 5.92 Å². The topological polar surface area (TPSA) is 38.1 Å². The number of hydrogen-bond acceptors (Lipinski definition) is 3. The third-order valence-corrected chi connectivity index (χ3v) is 3.02. The third-order valence-electron chi connectivity index (χ3n) is 3.02. The third kappa shape index (κ3) is 1.91. The van der Waals surface area contributed by atoms with E-state index < -0.39 is 0 Å². The minimum absolute atomic E-state index is 0.542. The minimum Gasteiger partial charge on any atom is -0.365 e. The summed E-state index contributed by atoms with van der Waals surface area (Å²) in [5.41, 5.74) is 1.10. The van der Waals surface area contributed by atoms with E-state index in [0.717, 1.165) is 24.7 Å². The summed E-state index contributed by atoms with van der Waals surface area (Å²) in [7, 11) is 0. The average Bonchev–Trinajstić information content (AvgIpc) is 2.71. The van der Waals surface area contributed by atoms with Crippen LogP contribution in [-0.4, -0.2) is 18.2 Å². The Kier molecular flexibility index (Phi) is 2.64. The van der Waals surface area contributed by atoms with Crippen LogP contribution in [0.25, 0.3) is 0 Å². The van der Waals surface area contributed by atoms with Gasteiger partial charge in [0.2, 0.25) is 0 Å². The fourth-order valence-corrected chi connectivity index (χ4v) is 2.04. The first kappa shape index (κ1) is 8.75. The molecule has 1 aliphatic heterocycles. The zero-order valence-corrected chi connectivity index (χ0v) is 7.99. The smallest absolute Gasteiger partial charge is 0.124 e. The fraction of sp³-hybridized carbons (Fsp3) is 0.700. The normalized spacial score (nSPS) is 21.6. The largest absolute Gasteiger partial charge is 0.365 e. The second-order valence-electron chi connectivity index (χ2n) is 3.80. The van der Waals surface area contributed by atoms with Gasteiger partial charge in [0.15, 0.2) is 0 Å². The summed E-state index contributed by atoms with van der Waals surface area (Å²) in [4.78, 5) is 0. The predicted molar refractivity (Wildman–Crippen MR) is 50.5 cm³/mol. The van der Waals surface area contributed by atoms with Crippen LogP contribution in [0.2, 0.25) is 0 Å². The van der Waals surface area contributed by atoms with Gasteiger partial charge in [0.1, 0.15) is 6.26 Å².